The Morgan fingerprint density at radius 2 is 1.63 bits per heavy atom. The lowest BCUT2D eigenvalue weighted by Crippen LogP contribution is -2.60. The second-order valence-electron chi connectivity index (χ2n) is 11.6. The highest BCUT2D eigenvalue weighted by molar-refractivity contribution is 6.32. The molecule has 0 unspecified atom stereocenters. The first-order valence-electron chi connectivity index (χ1n) is 15.6. The lowest BCUT2D eigenvalue weighted by atomic mass is 9.83. The third-order valence-corrected chi connectivity index (χ3v) is 8.46. The molecule has 49 heavy (non-hydrogen) atoms. The number of aliphatic carboxylic acids is 1. The number of fused-ring (bicyclic) bond motifs is 2. The summed E-state index contributed by atoms with van der Waals surface area (Å²) in [4.78, 5) is 35.9. The summed E-state index contributed by atoms with van der Waals surface area (Å²) in [5.41, 5.74) is 5.34. The van der Waals surface area contributed by atoms with Crippen LogP contribution in [0, 0.1) is 0 Å². The molecule has 1 fully saturated rings. The van der Waals surface area contributed by atoms with Crippen LogP contribution in [0.15, 0.2) is 78.4 Å². The van der Waals surface area contributed by atoms with Crippen LogP contribution in [-0.2, 0) is 32.0 Å². The second-order valence-corrected chi connectivity index (χ2v) is 12.0. The van der Waals surface area contributed by atoms with Gasteiger partial charge in [0.2, 0.25) is 5.91 Å². The van der Waals surface area contributed by atoms with Crippen LogP contribution in [-0.4, -0.2) is 79.5 Å². The van der Waals surface area contributed by atoms with Crippen LogP contribution in [0.2, 0.25) is 5.02 Å². The molecule has 0 radical (unpaired) electrons. The highest BCUT2D eigenvalue weighted by Crippen LogP contribution is 2.34. The van der Waals surface area contributed by atoms with Crippen LogP contribution in [0.25, 0.3) is 5.57 Å². The number of carboxylic acids is 1. The molecule has 2 bridgehead atoms. The predicted molar refractivity (Wildman–Crippen MR) is 178 cm³/mol. The fourth-order valence-electron chi connectivity index (χ4n) is 5.73. The van der Waals surface area contributed by atoms with Crippen molar-refractivity contribution in [2.75, 3.05) is 33.4 Å². The lowest BCUT2D eigenvalue weighted by molar-refractivity contribution is -0.192. The third-order valence-electron chi connectivity index (χ3n) is 8.15. The maximum Gasteiger partial charge on any atom is 0.490 e. The summed E-state index contributed by atoms with van der Waals surface area (Å²) in [7, 11) is 1.59. The summed E-state index contributed by atoms with van der Waals surface area (Å²) >= 11 is 6.18. The van der Waals surface area contributed by atoms with Crippen molar-refractivity contribution in [1.82, 2.24) is 10.2 Å². The minimum Gasteiger partial charge on any atom is -0.496 e. The predicted octanol–water partition coefficient (Wildman–Crippen LogP) is 6.13. The molecule has 1 amide bonds. The van der Waals surface area contributed by atoms with Gasteiger partial charge in [-0.2, -0.15) is 13.2 Å². The first kappa shape index (κ1) is 37.3. The van der Waals surface area contributed by atoms with E-state index in [9.17, 15) is 22.8 Å². The Bertz CT molecular complexity index is 1650. The molecule has 3 aromatic carbocycles. The van der Waals surface area contributed by atoms with Gasteiger partial charge in [-0.05, 0) is 59.7 Å². The first-order chi connectivity index (χ1) is 23.3. The molecule has 9 nitrogen and oxygen atoms in total. The van der Waals surface area contributed by atoms with Crippen molar-refractivity contribution in [1.29, 1.82) is 0 Å². The number of alkyl halides is 3. The number of esters is 1. The Morgan fingerprint density at radius 1 is 0.980 bits per heavy atom. The number of nitrogens with zero attached hydrogens (tertiary/aromatic N) is 1. The standard InChI is InChI=1S/C34H37ClN2O5.C2HF3O2/c1-23(38)37-20-27-19-28(25-15-13-24(14-16-25)8-7-17-41-33-12-6-4-10-30(33)35)29(31(21-37)36-27)22-42-34(39)18-26-9-3-5-11-32(26)40-2;3-2(4,5)1(6)7/h3-6,9-16,27,31,36H,7-8,17-22H2,1-2H3;(H,6,7)/t27-,31-;/m1./s1. The summed E-state index contributed by atoms with van der Waals surface area (Å²) in [6.45, 7) is 3.58. The zero-order valence-electron chi connectivity index (χ0n) is 27.1. The van der Waals surface area contributed by atoms with E-state index in [2.05, 4.69) is 29.6 Å². The van der Waals surface area contributed by atoms with Gasteiger partial charge in [-0.1, -0.05) is 66.2 Å². The van der Waals surface area contributed by atoms with Crippen LogP contribution in [0.1, 0.15) is 36.5 Å². The molecule has 5 rings (SSSR count). The van der Waals surface area contributed by atoms with Gasteiger partial charge >= 0.3 is 18.1 Å². The highest BCUT2D eigenvalue weighted by atomic mass is 35.5. The van der Waals surface area contributed by atoms with Crippen molar-refractivity contribution >= 4 is 35.0 Å². The van der Waals surface area contributed by atoms with Crippen molar-refractivity contribution in [3.63, 3.8) is 0 Å². The maximum absolute atomic E-state index is 12.9. The van der Waals surface area contributed by atoms with Gasteiger partial charge in [-0.15, -0.1) is 0 Å². The van der Waals surface area contributed by atoms with E-state index in [0.717, 1.165) is 36.0 Å². The van der Waals surface area contributed by atoms with E-state index in [0.29, 0.717) is 36.2 Å². The van der Waals surface area contributed by atoms with Crippen LogP contribution < -0.4 is 14.8 Å². The molecular formula is C36H38ClF3N2O7. The smallest absolute Gasteiger partial charge is 0.490 e. The van der Waals surface area contributed by atoms with Gasteiger partial charge < -0.3 is 29.5 Å². The maximum atomic E-state index is 12.9. The topological polar surface area (TPSA) is 114 Å². The molecule has 13 heteroatoms. The number of ether oxygens (including phenoxy) is 3. The van der Waals surface area contributed by atoms with Crippen LogP contribution >= 0.6 is 11.6 Å². The van der Waals surface area contributed by atoms with Crippen LogP contribution in [0.5, 0.6) is 11.5 Å². The zero-order chi connectivity index (χ0) is 35.6. The average molecular weight is 703 g/mol. The molecule has 3 aromatic rings. The van der Waals surface area contributed by atoms with Crippen molar-refractivity contribution in [2.24, 2.45) is 0 Å². The van der Waals surface area contributed by atoms with Gasteiger partial charge in [-0.3, -0.25) is 9.59 Å². The highest BCUT2D eigenvalue weighted by Gasteiger charge is 2.38. The molecule has 0 aliphatic carbocycles. The van der Waals surface area contributed by atoms with Crippen LogP contribution in [0.3, 0.4) is 0 Å². The van der Waals surface area contributed by atoms with Gasteiger partial charge in [0.15, 0.2) is 0 Å². The van der Waals surface area contributed by atoms with Crippen LogP contribution in [0.4, 0.5) is 13.2 Å². The minimum atomic E-state index is -5.08. The number of hydrogen-bond acceptors (Lipinski definition) is 7. The molecule has 1 saturated heterocycles. The number of carboxylic acid groups (broad SMARTS) is 1. The summed E-state index contributed by atoms with van der Waals surface area (Å²) in [5, 5.41) is 11.4. The summed E-state index contributed by atoms with van der Waals surface area (Å²) in [5.74, 6) is -1.64. The molecule has 2 N–H and O–H groups in total. The molecular weight excluding hydrogens is 665 g/mol. The lowest BCUT2D eigenvalue weighted by Gasteiger charge is -2.44. The number of carbonyl (C=O) groups is 3. The van der Waals surface area contributed by atoms with E-state index in [1.54, 1.807) is 14.0 Å². The summed E-state index contributed by atoms with van der Waals surface area (Å²) < 4.78 is 48.8. The number of nitrogens with one attached hydrogen (secondary N) is 1. The number of rotatable bonds is 11. The molecule has 262 valence electrons. The van der Waals surface area contributed by atoms with Crippen molar-refractivity contribution in [3.05, 3.63) is 100 Å². The number of para-hydroxylation sites is 2. The molecule has 2 atom stereocenters. The summed E-state index contributed by atoms with van der Waals surface area (Å²) in [6.07, 6.45) is -2.44. The normalized spacial score (nSPS) is 17.1. The number of methoxy groups -OCH3 is 1. The van der Waals surface area contributed by atoms with Crippen molar-refractivity contribution in [2.45, 2.75) is 50.9 Å². The molecule has 2 heterocycles. The van der Waals surface area contributed by atoms with Gasteiger partial charge in [0, 0.05) is 31.6 Å². The molecule has 0 aromatic heterocycles. The Balaban J connectivity index is 0.000000698. The van der Waals surface area contributed by atoms with Gasteiger partial charge in [-0.25, -0.2) is 4.79 Å². The largest absolute Gasteiger partial charge is 0.496 e. The number of halogens is 4. The molecule has 0 spiro atoms. The van der Waals surface area contributed by atoms with E-state index in [-0.39, 0.29) is 37.0 Å². The van der Waals surface area contributed by atoms with E-state index in [4.69, 9.17) is 35.7 Å². The first-order valence-corrected chi connectivity index (χ1v) is 16.0. The number of piperazine rings is 1. The fourth-order valence-corrected chi connectivity index (χ4v) is 5.92. The van der Waals surface area contributed by atoms with E-state index >= 15 is 0 Å². The molecule has 2 aliphatic heterocycles. The van der Waals surface area contributed by atoms with Crippen molar-refractivity contribution < 1.29 is 46.9 Å². The Hall–Kier alpha value is -4.55. The van der Waals surface area contributed by atoms with E-state index < -0.39 is 12.1 Å². The SMILES string of the molecule is COc1ccccc1CC(=O)OCC1=C(c2ccc(CCCOc3ccccc3Cl)cc2)C[C@@H]2CN(C(C)=O)C[C@H]1N2.O=C(O)C(F)(F)F. The van der Waals surface area contributed by atoms with E-state index in [1.807, 2.05) is 53.4 Å². The fraction of sp³-hybridized carbons (Fsp3) is 0.361. The number of amides is 1. The van der Waals surface area contributed by atoms with Gasteiger partial charge in [0.25, 0.3) is 0 Å². The molecule has 2 aliphatic rings. The Kier molecular flexibility index (Phi) is 13.1. The number of hydrogen-bond donors (Lipinski definition) is 2. The Morgan fingerprint density at radius 3 is 2.27 bits per heavy atom. The third kappa shape index (κ3) is 10.7. The summed E-state index contributed by atoms with van der Waals surface area (Å²) in [6, 6.07) is 23.7. The second kappa shape index (κ2) is 17.2. The van der Waals surface area contributed by atoms with Crippen molar-refractivity contribution in [3.8, 4) is 11.5 Å². The zero-order valence-corrected chi connectivity index (χ0v) is 27.9. The van der Waals surface area contributed by atoms with E-state index in [1.165, 1.54) is 11.1 Å². The number of aryl methyl sites for hydroxylation is 1. The Labute approximate surface area is 287 Å². The van der Waals surface area contributed by atoms with Gasteiger partial charge in [0.1, 0.15) is 18.1 Å². The minimum absolute atomic E-state index is 0.0605. The number of carbonyl (C=O) groups excluding carboxylic acids is 2. The quantitative estimate of drug-likeness (QED) is 0.181. The average Bonchev–Trinajstić information content (AvgIpc) is 3.07. The van der Waals surface area contributed by atoms with Gasteiger partial charge in [0.05, 0.1) is 31.2 Å². The molecule has 0 saturated carbocycles. The monoisotopic (exact) mass is 702 g/mol. The number of benzene rings is 3.